The molecule has 2 aromatic rings. The Bertz CT molecular complexity index is 537. The van der Waals surface area contributed by atoms with Gasteiger partial charge in [-0.3, -0.25) is 0 Å². The molecule has 0 radical (unpaired) electrons. The van der Waals surface area contributed by atoms with Crippen molar-refractivity contribution in [1.82, 2.24) is 15.0 Å². The van der Waals surface area contributed by atoms with Gasteiger partial charge in [0.25, 0.3) is 0 Å². The molecular formula is C8H8N4O2S. The predicted molar refractivity (Wildman–Crippen MR) is 57.0 cm³/mol. The van der Waals surface area contributed by atoms with Crippen LogP contribution >= 0.6 is 11.8 Å². The number of thioether (sulfide) groups is 1. The minimum Gasteiger partial charge on any atom is -0.477 e. The van der Waals surface area contributed by atoms with Crippen LogP contribution in [0.4, 0.5) is 5.82 Å². The van der Waals surface area contributed by atoms with Crippen molar-refractivity contribution in [3.05, 3.63) is 12.0 Å². The third kappa shape index (κ3) is 1.40. The van der Waals surface area contributed by atoms with E-state index in [2.05, 4.69) is 15.0 Å². The van der Waals surface area contributed by atoms with E-state index in [0.29, 0.717) is 15.9 Å². The number of nitrogens with two attached hydrogens (primary N) is 1. The minimum absolute atomic E-state index is 0.0449. The maximum absolute atomic E-state index is 10.9. The Hall–Kier alpha value is -1.76. The molecule has 2 aromatic heterocycles. The molecule has 0 saturated carbocycles. The van der Waals surface area contributed by atoms with Gasteiger partial charge in [-0.2, -0.15) is 0 Å². The lowest BCUT2D eigenvalue weighted by Gasteiger charge is -1.95. The average Bonchev–Trinajstić information content (AvgIpc) is 2.58. The van der Waals surface area contributed by atoms with Gasteiger partial charge in [0, 0.05) is 0 Å². The second-order valence-corrected chi connectivity index (χ2v) is 3.64. The smallest absolute Gasteiger partial charge is 0.354 e. The highest BCUT2D eigenvalue weighted by Crippen LogP contribution is 2.30. The van der Waals surface area contributed by atoms with Crippen molar-refractivity contribution in [2.75, 3.05) is 12.0 Å². The fourth-order valence-corrected chi connectivity index (χ4v) is 1.97. The number of aromatic carboxylic acids is 1. The predicted octanol–water partition coefficient (Wildman–Crippen LogP) is 0.960. The summed E-state index contributed by atoms with van der Waals surface area (Å²) < 4.78 is 0. The van der Waals surface area contributed by atoms with Crippen molar-refractivity contribution in [1.29, 1.82) is 0 Å². The van der Waals surface area contributed by atoms with E-state index in [9.17, 15) is 4.79 Å². The maximum atomic E-state index is 10.9. The molecule has 0 fully saturated rings. The van der Waals surface area contributed by atoms with Crippen molar-refractivity contribution in [2.24, 2.45) is 0 Å². The highest BCUT2D eigenvalue weighted by atomic mass is 32.2. The third-order valence-electron chi connectivity index (χ3n) is 2.00. The van der Waals surface area contributed by atoms with Gasteiger partial charge in [0.2, 0.25) is 0 Å². The molecule has 4 N–H and O–H groups in total. The quantitative estimate of drug-likeness (QED) is 0.656. The number of carboxylic acids is 1. The lowest BCUT2D eigenvalue weighted by Crippen LogP contribution is -1.98. The molecule has 0 aliphatic carbocycles. The zero-order chi connectivity index (χ0) is 11.0. The zero-order valence-electron chi connectivity index (χ0n) is 7.81. The molecular weight excluding hydrogens is 216 g/mol. The number of hydrogen-bond acceptors (Lipinski definition) is 5. The number of hydrogen-bond donors (Lipinski definition) is 3. The van der Waals surface area contributed by atoms with Crippen molar-refractivity contribution in [2.45, 2.75) is 5.03 Å². The minimum atomic E-state index is -1.06. The molecule has 0 spiro atoms. The molecule has 15 heavy (non-hydrogen) atoms. The molecule has 0 saturated heterocycles. The molecule has 0 amide bonds. The monoisotopic (exact) mass is 224 g/mol. The van der Waals surface area contributed by atoms with Gasteiger partial charge in [0.1, 0.15) is 17.7 Å². The normalized spacial score (nSPS) is 10.7. The van der Waals surface area contributed by atoms with Gasteiger partial charge in [-0.05, 0) is 6.26 Å². The SMILES string of the molecule is CSc1[nH]c(C(=O)O)c2ncnc(N)c12. The number of rotatable bonds is 2. The van der Waals surface area contributed by atoms with Crippen LogP contribution < -0.4 is 5.73 Å². The van der Waals surface area contributed by atoms with Gasteiger partial charge < -0.3 is 15.8 Å². The van der Waals surface area contributed by atoms with Crippen LogP contribution in [-0.4, -0.2) is 32.3 Å². The van der Waals surface area contributed by atoms with Crippen molar-refractivity contribution in [3.63, 3.8) is 0 Å². The van der Waals surface area contributed by atoms with Gasteiger partial charge in [-0.15, -0.1) is 11.8 Å². The summed E-state index contributed by atoms with van der Waals surface area (Å²) in [7, 11) is 0. The molecule has 0 atom stereocenters. The van der Waals surface area contributed by atoms with Crippen molar-refractivity contribution >= 4 is 34.5 Å². The summed E-state index contributed by atoms with van der Waals surface area (Å²) in [6.45, 7) is 0. The number of fused-ring (bicyclic) bond motifs is 1. The molecule has 0 bridgehead atoms. The van der Waals surface area contributed by atoms with E-state index in [1.165, 1.54) is 18.1 Å². The van der Waals surface area contributed by atoms with Crippen LogP contribution in [0, 0.1) is 0 Å². The van der Waals surface area contributed by atoms with Crippen LogP contribution in [0.2, 0.25) is 0 Å². The average molecular weight is 224 g/mol. The van der Waals surface area contributed by atoms with Gasteiger partial charge >= 0.3 is 5.97 Å². The van der Waals surface area contributed by atoms with Crippen LogP contribution in [0.5, 0.6) is 0 Å². The van der Waals surface area contributed by atoms with Crippen molar-refractivity contribution in [3.8, 4) is 0 Å². The largest absolute Gasteiger partial charge is 0.477 e. The summed E-state index contributed by atoms with van der Waals surface area (Å²) in [6.07, 6.45) is 3.07. The summed E-state index contributed by atoms with van der Waals surface area (Å²) in [6, 6.07) is 0. The fourth-order valence-electron chi connectivity index (χ4n) is 1.36. The Kier molecular flexibility index (Phi) is 2.24. The number of anilines is 1. The molecule has 0 aromatic carbocycles. The van der Waals surface area contributed by atoms with Gasteiger partial charge in [-0.25, -0.2) is 14.8 Å². The summed E-state index contributed by atoms with van der Waals surface area (Å²) in [5, 5.41) is 10.2. The Morgan fingerprint density at radius 1 is 1.60 bits per heavy atom. The maximum Gasteiger partial charge on any atom is 0.354 e. The number of carboxylic acid groups (broad SMARTS) is 1. The lowest BCUT2D eigenvalue weighted by molar-refractivity contribution is 0.0692. The molecule has 0 unspecified atom stereocenters. The van der Waals surface area contributed by atoms with E-state index >= 15 is 0 Å². The van der Waals surface area contributed by atoms with Crippen LogP contribution in [0.15, 0.2) is 11.4 Å². The van der Waals surface area contributed by atoms with Crippen molar-refractivity contribution < 1.29 is 9.90 Å². The van der Waals surface area contributed by atoms with E-state index in [-0.39, 0.29) is 11.5 Å². The van der Waals surface area contributed by atoms with Crippen LogP contribution in [0.25, 0.3) is 10.9 Å². The first-order valence-corrected chi connectivity index (χ1v) is 5.27. The molecule has 2 heterocycles. The number of nitrogen functional groups attached to an aromatic ring is 1. The Balaban J connectivity index is 2.87. The molecule has 78 valence electrons. The van der Waals surface area contributed by atoms with Crippen LogP contribution in [-0.2, 0) is 0 Å². The van der Waals surface area contributed by atoms with Gasteiger partial charge in [0.15, 0.2) is 5.69 Å². The molecule has 0 aliphatic rings. The van der Waals surface area contributed by atoms with Gasteiger partial charge in [0.05, 0.1) is 10.4 Å². The summed E-state index contributed by atoms with van der Waals surface area (Å²) in [5.74, 6) is -0.772. The number of nitrogens with one attached hydrogen (secondary N) is 1. The first-order chi connectivity index (χ1) is 7.15. The number of aromatic amines is 1. The molecule has 6 nitrogen and oxygen atoms in total. The molecule has 2 rings (SSSR count). The lowest BCUT2D eigenvalue weighted by atomic mass is 10.3. The topological polar surface area (TPSA) is 105 Å². The standard InChI is InChI=1S/C8H8N4O2S/c1-15-7-3-4(5(12-7)8(13)14)10-2-11-6(3)9/h2,12H,1H3,(H,13,14)(H2,9,10,11). The summed E-state index contributed by atoms with van der Waals surface area (Å²) in [4.78, 5) is 21.4. The molecule has 7 heteroatoms. The van der Waals surface area contributed by atoms with E-state index < -0.39 is 5.97 Å². The van der Waals surface area contributed by atoms with E-state index in [4.69, 9.17) is 10.8 Å². The van der Waals surface area contributed by atoms with Crippen LogP contribution in [0.1, 0.15) is 10.5 Å². The highest BCUT2D eigenvalue weighted by molar-refractivity contribution is 7.98. The van der Waals surface area contributed by atoms with E-state index in [1.54, 1.807) is 0 Å². The Morgan fingerprint density at radius 2 is 2.33 bits per heavy atom. The number of aromatic nitrogens is 3. The zero-order valence-corrected chi connectivity index (χ0v) is 8.63. The molecule has 0 aliphatic heterocycles. The fraction of sp³-hybridized carbons (Fsp3) is 0.125. The first-order valence-electron chi connectivity index (χ1n) is 4.04. The second kappa shape index (κ2) is 3.43. The summed E-state index contributed by atoms with van der Waals surface area (Å²) in [5.41, 5.74) is 6.06. The highest BCUT2D eigenvalue weighted by Gasteiger charge is 2.18. The number of carbonyl (C=O) groups is 1. The first kappa shape index (κ1) is 9.78. The second-order valence-electron chi connectivity index (χ2n) is 2.82. The van der Waals surface area contributed by atoms with Crippen LogP contribution in [0.3, 0.4) is 0 Å². The Morgan fingerprint density at radius 3 is 2.93 bits per heavy atom. The Labute approximate surface area is 88.9 Å². The van der Waals surface area contributed by atoms with E-state index in [1.807, 2.05) is 6.26 Å². The van der Waals surface area contributed by atoms with E-state index in [0.717, 1.165) is 0 Å². The van der Waals surface area contributed by atoms with Gasteiger partial charge in [-0.1, -0.05) is 0 Å². The number of nitrogens with zero attached hydrogens (tertiary/aromatic N) is 2. The number of H-pyrrole nitrogens is 1. The summed E-state index contributed by atoms with van der Waals surface area (Å²) >= 11 is 1.37. The third-order valence-corrected chi connectivity index (χ3v) is 2.71.